The zero-order chi connectivity index (χ0) is 33.4. The minimum atomic E-state index is -1.38. The molecule has 0 heterocycles. The summed E-state index contributed by atoms with van der Waals surface area (Å²) in [5, 5.41) is 49.7. The Balaban J connectivity index is 1.32. The van der Waals surface area contributed by atoms with E-state index in [-0.39, 0.29) is 46.6 Å². The van der Waals surface area contributed by atoms with Crippen molar-refractivity contribution in [2.45, 2.75) is 6.04 Å². The van der Waals surface area contributed by atoms with Crippen molar-refractivity contribution in [2.24, 2.45) is 0 Å². The van der Waals surface area contributed by atoms with Crippen LogP contribution in [0, 0.1) is 0 Å². The minimum Gasteiger partial charge on any atom is -0.490 e. The fourth-order valence-corrected chi connectivity index (χ4v) is 4.41. The number of hydrogen-bond donors (Lipinski definition) is 7. The summed E-state index contributed by atoms with van der Waals surface area (Å²) >= 11 is 0. The van der Waals surface area contributed by atoms with E-state index in [1.54, 1.807) is 36.4 Å². The summed E-state index contributed by atoms with van der Waals surface area (Å²) in [6.07, 6.45) is 0. The van der Waals surface area contributed by atoms with Gasteiger partial charge in [0.25, 0.3) is 5.91 Å². The summed E-state index contributed by atoms with van der Waals surface area (Å²) in [5.74, 6) is -5.15. The van der Waals surface area contributed by atoms with Crippen molar-refractivity contribution in [3.63, 3.8) is 0 Å². The number of amides is 1. The number of anilines is 1. The van der Waals surface area contributed by atoms with Crippen LogP contribution < -0.4 is 20.3 Å². The first-order chi connectivity index (χ1) is 22.0. The number of carbonyl (C=O) groups excluding carboxylic acids is 1. The lowest BCUT2D eigenvalue weighted by atomic mass is 9.93. The van der Waals surface area contributed by atoms with Gasteiger partial charge in [0.1, 0.15) is 24.7 Å². The molecule has 14 heteroatoms. The molecule has 14 nitrogen and oxygen atoms in total. The number of aromatic carboxylic acids is 4. The summed E-state index contributed by atoms with van der Waals surface area (Å²) < 4.78 is 11.3. The predicted molar refractivity (Wildman–Crippen MR) is 159 cm³/mol. The van der Waals surface area contributed by atoms with Gasteiger partial charge in [-0.25, -0.2) is 19.2 Å². The van der Waals surface area contributed by atoms with E-state index >= 15 is 0 Å². The highest BCUT2D eigenvalue weighted by atomic mass is 16.5. The van der Waals surface area contributed by atoms with Gasteiger partial charge in [0.05, 0.1) is 33.9 Å². The number of rotatable bonds is 14. The van der Waals surface area contributed by atoms with Crippen LogP contribution in [0.4, 0.5) is 5.69 Å². The van der Waals surface area contributed by atoms with E-state index < -0.39 is 35.8 Å². The Labute approximate surface area is 260 Å². The van der Waals surface area contributed by atoms with E-state index in [9.17, 15) is 49.6 Å². The average molecular weight is 631 g/mol. The minimum absolute atomic E-state index is 0.0555. The Hall–Kier alpha value is -6.25. The van der Waals surface area contributed by atoms with Gasteiger partial charge in [-0.05, 0) is 83.9 Å². The second kappa shape index (κ2) is 14.5. The van der Waals surface area contributed by atoms with Crippen molar-refractivity contribution < 1.29 is 59.1 Å². The maximum atomic E-state index is 12.7. The van der Waals surface area contributed by atoms with E-state index in [1.165, 1.54) is 24.3 Å². The highest BCUT2D eigenvalue weighted by Crippen LogP contribution is 2.28. The van der Waals surface area contributed by atoms with Crippen LogP contribution in [-0.4, -0.2) is 68.6 Å². The second-order valence-electron chi connectivity index (χ2n) is 9.59. The molecular formula is C32H26N2O12. The molecule has 0 aliphatic rings. The Kier molecular flexibility index (Phi) is 10.3. The van der Waals surface area contributed by atoms with Crippen molar-refractivity contribution in [1.82, 2.24) is 5.48 Å². The SMILES string of the molecule is O=C(O)c1ccc(C(=O)O)c(C(=O)Nc2ccc(OCCOc3ccc(C(NO)c4cc(C(=O)O)ccc4C(=O)O)cc3)cc2)c1. The number of nitrogens with one attached hydrogen (secondary N) is 2. The Bertz CT molecular complexity index is 1790. The molecule has 0 saturated carbocycles. The number of hydrogen-bond acceptors (Lipinski definition) is 9. The fraction of sp³-hybridized carbons (Fsp3) is 0.0938. The fourth-order valence-electron chi connectivity index (χ4n) is 4.41. The first-order valence-corrected chi connectivity index (χ1v) is 13.4. The molecule has 0 radical (unpaired) electrons. The van der Waals surface area contributed by atoms with Gasteiger partial charge >= 0.3 is 23.9 Å². The van der Waals surface area contributed by atoms with Crippen LogP contribution in [0.25, 0.3) is 0 Å². The Morgan fingerprint density at radius 1 is 0.587 bits per heavy atom. The number of carboxylic acid groups (broad SMARTS) is 4. The summed E-state index contributed by atoms with van der Waals surface area (Å²) in [6.45, 7) is 0.253. The van der Waals surface area contributed by atoms with E-state index in [4.69, 9.17) is 9.47 Å². The van der Waals surface area contributed by atoms with Gasteiger partial charge < -0.3 is 40.4 Å². The topological polar surface area (TPSA) is 229 Å². The number of benzene rings is 4. The molecule has 1 atom stereocenters. The van der Waals surface area contributed by atoms with Gasteiger partial charge in [-0.15, -0.1) is 0 Å². The molecule has 0 aliphatic carbocycles. The zero-order valence-electron chi connectivity index (χ0n) is 23.7. The number of hydroxylamine groups is 1. The predicted octanol–water partition coefficient (Wildman–Crippen LogP) is 4.26. The van der Waals surface area contributed by atoms with Gasteiger partial charge in [0.2, 0.25) is 0 Å². The maximum Gasteiger partial charge on any atom is 0.336 e. The molecule has 4 aromatic carbocycles. The molecule has 4 rings (SSSR count). The number of carboxylic acids is 4. The van der Waals surface area contributed by atoms with Crippen LogP contribution in [0.1, 0.15) is 69.0 Å². The van der Waals surface area contributed by atoms with Crippen LogP contribution in [0.3, 0.4) is 0 Å². The molecule has 0 saturated heterocycles. The lowest BCUT2D eigenvalue weighted by Gasteiger charge is -2.19. The largest absolute Gasteiger partial charge is 0.490 e. The third-order valence-electron chi connectivity index (χ3n) is 6.66. The van der Waals surface area contributed by atoms with E-state index in [1.807, 2.05) is 5.48 Å². The summed E-state index contributed by atoms with van der Waals surface area (Å²) in [6, 6.07) is 18.1. The summed E-state index contributed by atoms with van der Waals surface area (Å²) in [5.41, 5.74) is 1.64. The van der Waals surface area contributed by atoms with E-state index in [2.05, 4.69) is 5.32 Å². The summed E-state index contributed by atoms with van der Waals surface area (Å²) in [4.78, 5) is 58.5. The molecule has 0 bridgehead atoms. The van der Waals surface area contributed by atoms with E-state index in [0.717, 1.165) is 24.3 Å². The zero-order valence-corrected chi connectivity index (χ0v) is 23.7. The summed E-state index contributed by atoms with van der Waals surface area (Å²) in [7, 11) is 0. The smallest absolute Gasteiger partial charge is 0.336 e. The highest BCUT2D eigenvalue weighted by molar-refractivity contribution is 6.11. The van der Waals surface area contributed by atoms with Gasteiger partial charge in [-0.2, -0.15) is 5.48 Å². The molecule has 7 N–H and O–H groups in total. The monoisotopic (exact) mass is 630 g/mol. The molecule has 236 valence electrons. The molecule has 1 unspecified atom stereocenters. The molecule has 46 heavy (non-hydrogen) atoms. The quantitative estimate of drug-likeness (QED) is 0.0764. The average Bonchev–Trinajstić information content (AvgIpc) is 3.04. The second-order valence-corrected chi connectivity index (χ2v) is 9.59. The first-order valence-electron chi connectivity index (χ1n) is 13.4. The van der Waals surface area contributed by atoms with Crippen molar-refractivity contribution in [3.05, 3.63) is 124 Å². The third-order valence-corrected chi connectivity index (χ3v) is 6.66. The molecule has 0 spiro atoms. The molecular weight excluding hydrogens is 604 g/mol. The van der Waals surface area contributed by atoms with Crippen LogP contribution >= 0.6 is 0 Å². The molecule has 1 amide bonds. The number of carbonyl (C=O) groups is 5. The van der Waals surface area contributed by atoms with Crippen LogP contribution in [0.2, 0.25) is 0 Å². The first kappa shape index (κ1) is 32.7. The van der Waals surface area contributed by atoms with Gasteiger partial charge in [-0.3, -0.25) is 4.79 Å². The van der Waals surface area contributed by atoms with Gasteiger partial charge in [0, 0.05) is 5.69 Å². The van der Waals surface area contributed by atoms with Crippen LogP contribution in [-0.2, 0) is 0 Å². The Morgan fingerprint density at radius 3 is 1.59 bits per heavy atom. The van der Waals surface area contributed by atoms with Crippen molar-refractivity contribution in [3.8, 4) is 11.5 Å². The standard InChI is InChI=1S/C32H26N2O12/c35-28(26-16-19(30(38)39)4-12-24(26)32(42)43)33-20-5-9-22(10-6-20)46-14-13-45-21-7-1-17(2-8-21)27(34-44)25-15-18(29(36)37)3-11-23(25)31(40)41/h1-12,15-16,27,34,44H,13-14H2,(H,33,35)(H,36,37)(H,38,39)(H,40,41)(H,42,43). The van der Waals surface area contributed by atoms with Crippen molar-refractivity contribution in [2.75, 3.05) is 18.5 Å². The molecule has 0 fully saturated rings. The van der Waals surface area contributed by atoms with Gasteiger partial charge in [0.15, 0.2) is 0 Å². The third kappa shape index (κ3) is 7.82. The lowest BCUT2D eigenvalue weighted by Crippen LogP contribution is -2.22. The molecule has 0 aromatic heterocycles. The van der Waals surface area contributed by atoms with Crippen molar-refractivity contribution >= 4 is 35.5 Å². The van der Waals surface area contributed by atoms with Crippen molar-refractivity contribution in [1.29, 1.82) is 0 Å². The normalized spacial score (nSPS) is 11.2. The van der Waals surface area contributed by atoms with Crippen LogP contribution in [0.5, 0.6) is 11.5 Å². The Morgan fingerprint density at radius 2 is 1.09 bits per heavy atom. The molecule has 0 aliphatic heterocycles. The maximum absolute atomic E-state index is 12.7. The molecule has 4 aromatic rings. The number of ether oxygens (including phenoxy) is 2. The van der Waals surface area contributed by atoms with Crippen LogP contribution in [0.15, 0.2) is 84.9 Å². The van der Waals surface area contributed by atoms with E-state index in [0.29, 0.717) is 22.7 Å². The highest BCUT2D eigenvalue weighted by Gasteiger charge is 2.23. The lowest BCUT2D eigenvalue weighted by molar-refractivity contribution is 0.0677. The van der Waals surface area contributed by atoms with Gasteiger partial charge in [-0.1, -0.05) is 12.1 Å².